The van der Waals surface area contributed by atoms with Crippen LogP contribution in [0.1, 0.15) is 49.8 Å². The van der Waals surface area contributed by atoms with Crippen molar-refractivity contribution in [1.29, 1.82) is 0 Å². The standard InChI is InChI=1S/C20H23N/c1-3-5-7-15-20(18-12-8-6-9-13-18)21-19-14-10-11-17(4-2)16-19/h2,6,8-14,16,20-21H,3,5,7,15H2,1H3. The SMILES string of the molecule is C#Cc1cccc(NC(CCCCC)c2ccccc2)c1. The molecule has 0 saturated carbocycles. The molecule has 0 aliphatic rings. The number of hydrogen-bond donors (Lipinski definition) is 1. The molecule has 0 heterocycles. The second-order valence-electron chi connectivity index (χ2n) is 5.33. The first-order chi connectivity index (χ1) is 10.3. The molecule has 0 aliphatic carbocycles. The summed E-state index contributed by atoms with van der Waals surface area (Å²) in [5, 5.41) is 3.63. The minimum atomic E-state index is 0.339. The lowest BCUT2D eigenvalue weighted by Crippen LogP contribution is -2.10. The number of unbranched alkanes of at least 4 members (excludes halogenated alkanes) is 2. The maximum absolute atomic E-state index is 5.48. The van der Waals surface area contributed by atoms with Crippen LogP contribution in [0.25, 0.3) is 0 Å². The zero-order valence-corrected chi connectivity index (χ0v) is 12.7. The Balaban J connectivity index is 2.13. The number of rotatable bonds is 7. The molecule has 0 spiro atoms. The van der Waals surface area contributed by atoms with Gasteiger partial charge in [-0.1, -0.05) is 68.5 Å². The molecule has 2 aromatic rings. The topological polar surface area (TPSA) is 12.0 Å². The summed E-state index contributed by atoms with van der Waals surface area (Å²) in [5.41, 5.74) is 3.34. The molecule has 1 heteroatoms. The summed E-state index contributed by atoms with van der Waals surface area (Å²) in [7, 11) is 0. The summed E-state index contributed by atoms with van der Waals surface area (Å²) in [4.78, 5) is 0. The van der Waals surface area contributed by atoms with E-state index in [1.807, 2.05) is 18.2 Å². The van der Waals surface area contributed by atoms with E-state index in [0.717, 1.165) is 17.7 Å². The van der Waals surface area contributed by atoms with Gasteiger partial charge in [-0.15, -0.1) is 6.42 Å². The summed E-state index contributed by atoms with van der Waals surface area (Å²) in [5.74, 6) is 2.69. The van der Waals surface area contributed by atoms with E-state index in [9.17, 15) is 0 Å². The van der Waals surface area contributed by atoms with Crippen molar-refractivity contribution in [2.75, 3.05) is 5.32 Å². The number of hydrogen-bond acceptors (Lipinski definition) is 1. The molecule has 1 nitrogen and oxygen atoms in total. The lowest BCUT2D eigenvalue weighted by molar-refractivity contribution is 0.606. The Labute approximate surface area is 128 Å². The largest absolute Gasteiger partial charge is 0.378 e. The van der Waals surface area contributed by atoms with Crippen LogP contribution in [0.4, 0.5) is 5.69 Å². The number of nitrogens with one attached hydrogen (secondary N) is 1. The Morgan fingerprint density at radius 1 is 1.05 bits per heavy atom. The average molecular weight is 277 g/mol. The first kappa shape index (κ1) is 15.2. The second-order valence-corrected chi connectivity index (χ2v) is 5.33. The highest BCUT2D eigenvalue weighted by Gasteiger charge is 2.10. The van der Waals surface area contributed by atoms with Crippen LogP contribution in [-0.4, -0.2) is 0 Å². The van der Waals surface area contributed by atoms with Crippen LogP contribution in [0, 0.1) is 12.3 Å². The molecule has 2 aromatic carbocycles. The third-order valence-electron chi connectivity index (χ3n) is 3.67. The summed E-state index contributed by atoms with van der Waals surface area (Å²) >= 11 is 0. The molecule has 108 valence electrons. The molecule has 0 aromatic heterocycles. The molecular weight excluding hydrogens is 254 g/mol. The minimum absolute atomic E-state index is 0.339. The van der Waals surface area contributed by atoms with Crippen molar-refractivity contribution in [3.8, 4) is 12.3 Å². The molecule has 1 unspecified atom stereocenters. The molecule has 0 amide bonds. The van der Waals surface area contributed by atoms with Gasteiger partial charge in [-0.3, -0.25) is 0 Å². The predicted molar refractivity (Wildman–Crippen MR) is 91.3 cm³/mol. The second kappa shape index (κ2) is 8.17. The minimum Gasteiger partial charge on any atom is -0.378 e. The van der Waals surface area contributed by atoms with Gasteiger partial charge in [0, 0.05) is 11.3 Å². The maximum atomic E-state index is 5.48. The summed E-state index contributed by atoms with van der Waals surface area (Å²) in [6, 6.07) is 19.1. The predicted octanol–water partition coefficient (Wildman–Crippen LogP) is 5.40. The van der Waals surface area contributed by atoms with Crippen molar-refractivity contribution in [2.24, 2.45) is 0 Å². The van der Waals surface area contributed by atoms with Crippen LogP contribution in [0.5, 0.6) is 0 Å². The van der Waals surface area contributed by atoms with E-state index in [1.165, 1.54) is 24.8 Å². The van der Waals surface area contributed by atoms with Crippen molar-refractivity contribution in [3.05, 3.63) is 65.7 Å². The highest BCUT2D eigenvalue weighted by molar-refractivity contribution is 5.51. The third-order valence-corrected chi connectivity index (χ3v) is 3.67. The van der Waals surface area contributed by atoms with Gasteiger partial charge in [-0.2, -0.15) is 0 Å². The van der Waals surface area contributed by atoms with Crippen LogP contribution >= 0.6 is 0 Å². The highest BCUT2D eigenvalue weighted by atomic mass is 14.9. The van der Waals surface area contributed by atoms with Gasteiger partial charge in [0.15, 0.2) is 0 Å². The van der Waals surface area contributed by atoms with E-state index in [0.29, 0.717) is 6.04 Å². The van der Waals surface area contributed by atoms with Gasteiger partial charge >= 0.3 is 0 Å². The first-order valence-corrected chi connectivity index (χ1v) is 7.71. The Morgan fingerprint density at radius 2 is 1.86 bits per heavy atom. The molecule has 0 fully saturated rings. The molecular formula is C20H23N. The molecule has 1 N–H and O–H groups in total. The van der Waals surface area contributed by atoms with E-state index in [-0.39, 0.29) is 0 Å². The first-order valence-electron chi connectivity index (χ1n) is 7.71. The summed E-state index contributed by atoms with van der Waals surface area (Å²) in [6.07, 6.45) is 10.4. The smallest absolute Gasteiger partial charge is 0.0513 e. The zero-order valence-electron chi connectivity index (χ0n) is 12.7. The zero-order chi connectivity index (χ0) is 14.9. The van der Waals surface area contributed by atoms with Gasteiger partial charge in [0.2, 0.25) is 0 Å². The number of benzene rings is 2. The van der Waals surface area contributed by atoms with E-state index < -0.39 is 0 Å². The quantitative estimate of drug-likeness (QED) is 0.527. The normalized spacial score (nSPS) is 11.6. The van der Waals surface area contributed by atoms with Crippen LogP contribution < -0.4 is 5.32 Å². The lowest BCUT2D eigenvalue weighted by Gasteiger charge is -2.20. The number of anilines is 1. The van der Waals surface area contributed by atoms with Crippen molar-refractivity contribution in [3.63, 3.8) is 0 Å². The van der Waals surface area contributed by atoms with Crippen molar-refractivity contribution < 1.29 is 0 Å². The molecule has 0 radical (unpaired) electrons. The number of terminal acetylenes is 1. The molecule has 0 bridgehead atoms. The molecule has 0 saturated heterocycles. The monoisotopic (exact) mass is 277 g/mol. The lowest BCUT2D eigenvalue weighted by atomic mass is 10.00. The van der Waals surface area contributed by atoms with Gasteiger partial charge in [0.05, 0.1) is 6.04 Å². The van der Waals surface area contributed by atoms with Gasteiger partial charge < -0.3 is 5.32 Å². The molecule has 0 aliphatic heterocycles. The Morgan fingerprint density at radius 3 is 2.57 bits per heavy atom. The van der Waals surface area contributed by atoms with Gasteiger partial charge in [0.25, 0.3) is 0 Å². The van der Waals surface area contributed by atoms with E-state index in [4.69, 9.17) is 6.42 Å². The van der Waals surface area contributed by atoms with Gasteiger partial charge in [-0.25, -0.2) is 0 Å². The fraction of sp³-hybridized carbons (Fsp3) is 0.300. The van der Waals surface area contributed by atoms with Crippen LogP contribution in [0.2, 0.25) is 0 Å². The summed E-state index contributed by atoms with van der Waals surface area (Å²) in [6.45, 7) is 2.24. The molecule has 21 heavy (non-hydrogen) atoms. The summed E-state index contributed by atoms with van der Waals surface area (Å²) < 4.78 is 0. The van der Waals surface area contributed by atoms with E-state index in [2.05, 4.69) is 54.6 Å². The van der Waals surface area contributed by atoms with Gasteiger partial charge in [-0.05, 0) is 30.2 Å². The van der Waals surface area contributed by atoms with E-state index in [1.54, 1.807) is 0 Å². The van der Waals surface area contributed by atoms with Crippen LogP contribution in [0.3, 0.4) is 0 Å². The average Bonchev–Trinajstić information content (AvgIpc) is 2.55. The van der Waals surface area contributed by atoms with E-state index >= 15 is 0 Å². The van der Waals surface area contributed by atoms with Crippen molar-refractivity contribution >= 4 is 5.69 Å². The third kappa shape index (κ3) is 4.68. The van der Waals surface area contributed by atoms with Crippen molar-refractivity contribution in [2.45, 2.75) is 38.6 Å². The fourth-order valence-electron chi connectivity index (χ4n) is 2.51. The van der Waals surface area contributed by atoms with Crippen molar-refractivity contribution in [1.82, 2.24) is 0 Å². The highest BCUT2D eigenvalue weighted by Crippen LogP contribution is 2.25. The molecule has 1 atom stereocenters. The maximum Gasteiger partial charge on any atom is 0.0513 e. The van der Waals surface area contributed by atoms with Crippen LogP contribution in [0.15, 0.2) is 54.6 Å². The fourth-order valence-corrected chi connectivity index (χ4v) is 2.51. The van der Waals surface area contributed by atoms with Crippen LogP contribution in [-0.2, 0) is 0 Å². The van der Waals surface area contributed by atoms with Gasteiger partial charge in [0.1, 0.15) is 0 Å². The Hall–Kier alpha value is -2.20. The Bertz CT molecular complexity index is 580. The Kier molecular flexibility index (Phi) is 5.91. The molecule has 2 rings (SSSR count).